The first-order valence-electron chi connectivity index (χ1n) is 13.4. The van der Waals surface area contributed by atoms with Crippen LogP contribution in [-0.4, -0.2) is 75.0 Å². The first-order valence-corrected chi connectivity index (χ1v) is 13.4. The van der Waals surface area contributed by atoms with E-state index in [1.807, 2.05) is 62.5 Å². The van der Waals surface area contributed by atoms with E-state index in [1.165, 1.54) is 6.20 Å². The number of carbonyl (C=O) groups is 2. The Kier molecular flexibility index (Phi) is 8.58. The number of hydrogen-bond donors (Lipinski definition) is 3. The summed E-state index contributed by atoms with van der Waals surface area (Å²) in [5, 5.41) is 12.7. The zero-order chi connectivity index (χ0) is 29.1. The normalized spacial score (nSPS) is 13.5. The highest BCUT2D eigenvalue weighted by Crippen LogP contribution is 2.38. The Bertz CT molecular complexity index is 1380. The third-order valence-electron chi connectivity index (χ3n) is 5.88. The maximum absolute atomic E-state index is 13.2. The van der Waals surface area contributed by atoms with Crippen molar-refractivity contribution >= 4 is 52.5 Å². The second-order valence-electron chi connectivity index (χ2n) is 11.8. The van der Waals surface area contributed by atoms with Crippen molar-refractivity contribution in [3.05, 3.63) is 41.9 Å². The summed E-state index contributed by atoms with van der Waals surface area (Å²) in [6, 6.07) is 7.09. The second kappa shape index (κ2) is 11.8. The lowest BCUT2D eigenvalue weighted by molar-refractivity contribution is -0.117. The molecule has 0 radical (unpaired) electrons. The van der Waals surface area contributed by atoms with Crippen LogP contribution in [0.2, 0.25) is 0 Å². The van der Waals surface area contributed by atoms with Crippen LogP contribution in [0.15, 0.2) is 35.0 Å². The molecular formula is C26H35B3N6O5. The molecule has 2 heterocycles. The van der Waals surface area contributed by atoms with Gasteiger partial charge < -0.3 is 29.9 Å². The Morgan fingerprint density at radius 1 is 1.15 bits per heavy atom. The van der Waals surface area contributed by atoms with Gasteiger partial charge in [0.05, 0.1) is 41.8 Å². The molecule has 3 aromatic rings. The summed E-state index contributed by atoms with van der Waals surface area (Å²) in [6.45, 7) is 6.43. The van der Waals surface area contributed by atoms with Crippen molar-refractivity contribution < 1.29 is 23.6 Å². The number of rotatable bonds is 11. The summed E-state index contributed by atoms with van der Waals surface area (Å²) in [5.74, 6) is 1.24. The second-order valence-corrected chi connectivity index (χ2v) is 11.8. The molecule has 2 aromatic heterocycles. The third-order valence-corrected chi connectivity index (χ3v) is 5.88. The Balaban J connectivity index is 1.63. The van der Waals surface area contributed by atoms with Crippen molar-refractivity contribution in [1.82, 2.24) is 20.4 Å². The topological polar surface area (TPSA) is 140 Å². The molecule has 1 aliphatic rings. The van der Waals surface area contributed by atoms with Crippen LogP contribution < -0.4 is 20.7 Å². The first-order chi connectivity index (χ1) is 18.8. The molecule has 14 heteroatoms. The number of nitrogens with one attached hydrogen (secondary N) is 3. The highest BCUT2D eigenvalue weighted by atomic mass is 16.5. The highest BCUT2D eigenvalue weighted by Gasteiger charge is 2.30. The lowest BCUT2D eigenvalue weighted by atomic mass is 9.49. The van der Waals surface area contributed by atoms with Crippen molar-refractivity contribution in [2.45, 2.75) is 50.9 Å². The Hall–Kier alpha value is -3.80. The summed E-state index contributed by atoms with van der Waals surface area (Å²) >= 11 is 0. The zero-order valence-corrected chi connectivity index (χ0v) is 24.2. The number of hydrogen-bond acceptors (Lipinski definition) is 9. The molecule has 40 heavy (non-hydrogen) atoms. The monoisotopic (exact) mass is 544 g/mol. The zero-order valence-electron chi connectivity index (χ0n) is 24.2. The number of anilines is 3. The van der Waals surface area contributed by atoms with Gasteiger partial charge in [-0.1, -0.05) is 11.2 Å². The summed E-state index contributed by atoms with van der Waals surface area (Å²) < 4.78 is 17.1. The number of para-hydroxylation sites is 1. The number of ether oxygens (including phenoxy) is 2. The SMILES string of the molecule is BC(B)(B)NC(=O)c1cnc(NC(=O)C2CC2)cc1Nc1cccc(-c2nc(CCOC(C)(C)C)no2)c1OC. The summed E-state index contributed by atoms with van der Waals surface area (Å²) in [7, 11) is 7.24. The van der Waals surface area contributed by atoms with Gasteiger partial charge in [0.15, 0.2) is 11.6 Å². The van der Waals surface area contributed by atoms with E-state index in [0.717, 1.165) is 12.8 Å². The number of pyridine rings is 1. The molecule has 0 spiro atoms. The van der Waals surface area contributed by atoms with Crippen molar-refractivity contribution in [3.8, 4) is 17.2 Å². The van der Waals surface area contributed by atoms with E-state index in [0.29, 0.717) is 58.8 Å². The van der Waals surface area contributed by atoms with Gasteiger partial charge >= 0.3 is 0 Å². The predicted octanol–water partition coefficient (Wildman–Crippen LogP) is 0.830. The van der Waals surface area contributed by atoms with Gasteiger partial charge in [-0.25, -0.2) is 4.98 Å². The van der Waals surface area contributed by atoms with Crippen LogP contribution in [0.5, 0.6) is 5.75 Å². The molecule has 1 aromatic carbocycles. The van der Waals surface area contributed by atoms with Crippen LogP contribution in [0.1, 0.15) is 49.8 Å². The number of benzene rings is 1. The molecule has 0 bridgehead atoms. The van der Waals surface area contributed by atoms with E-state index in [9.17, 15) is 9.59 Å². The van der Waals surface area contributed by atoms with Crippen molar-refractivity contribution in [2.24, 2.45) is 5.92 Å². The summed E-state index contributed by atoms with van der Waals surface area (Å²) in [5.41, 5.74) is 1.65. The van der Waals surface area contributed by atoms with Crippen molar-refractivity contribution in [2.75, 3.05) is 24.4 Å². The maximum atomic E-state index is 13.2. The van der Waals surface area contributed by atoms with E-state index < -0.39 is 5.24 Å². The number of aromatic nitrogens is 3. The fourth-order valence-corrected chi connectivity index (χ4v) is 3.87. The number of amides is 2. The van der Waals surface area contributed by atoms with Gasteiger partial charge in [0.25, 0.3) is 11.8 Å². The van der Waals surface area contributed by atoms with Crippen LogP contribution in [0, 0.1) is 5.92 Å². The Morgan fingerprint density at radius 2 is 1.90 bits per heavy atom. The van der Waals surface area contributed by atoms with Crippen LogP contribution in [-0.2, 0) is 16.0 Å². The van der Waals surface area contributed by atoms with E-state index >= 15 is 0 Å². The molecular weight excluding hydrogens is 509 g/mol. The molecule has 0 saturated heterocycles. The molecule has 1 fully saturated rings. The van der Waals surface area contributed by atoms with Gasteiger partial charge in [0.1, 0.15) is 29.4 Å². The fourth-order valence-electron chi connectivity index (χ4n) is 3.87. The lowest BCUT2D eigenvalue weighted by Crippen LogP contribution is -2.50. The fraction of sp³-hybridized carbons (Fsp3) is 0.423. The molecule has 0 atom stereocenters. The number of nitrogens with zero attached hydrogens (tertiary/aromatic N) is 3. The van der Waals surface area contributed by atoms with Crippen LogP contribution >= 0.6 is 0 Å². The van der Waals surface area contributed by atoms with E-state index in [-0.39, 0.29) is 23.3 Å². The molecule has 0 unspecified atom stereocenters. The summed E-state index contributed by atoms with van der Waals surface area (Å²) in [6.07, 6.45) is 3.69. The lowest BCUT2D eigenvalue weighted by Gasteiger charge is -2.22. The quantitative estimate of drug-likeness (QED) is 0.300. The average molecular weight is 544 g/mol. The highest BCUT2D eigenvalue weighted by molar-refractivity contribution is 6.60. The van der Waals surface area contributed by atoms with Crippen LogP contribution in [0.4, 0.5) is 17.2 Å². The predicted molar refractivity (Wildman–Crippen MR) is 160 cm³/mol. The van der Waals surface area contributed by atoms with Gasteiger partial charge in [-0.2, -0.15) is 4.98 Å². The molecule has 3 N–H and O–H groups in total. The maximum Gasteiger partial charge on any atom is 0.261 e. The van der Waals surface area contributed by atoms with Crippen molar-refractivity contribution in [3.63, 3.8) is 0 Å². The van der Waals surface area contributed by atoms with E-state index in [1.54, 1.807) is 13.2 Å². The van der Waals surface area contributed by atoms with Gasteiger partial charge in [0.2, 0.25) is 5.91 Å². The first kappa shape index (κ1) is 29.2. The molecule has 4 rings (SSSR count). The minimum absolute atomic E-state index is 0.0122. The molecule has 1 saturated carbocycles. The van der Waals surface area contributed by atoms with Crippen LogP contribution in [0.3, 0.4) is 0 Å². The van der Waals surface area contributed by atoms with E-state index in [4.69, 9.17) is 14.0 Å². The minimum Gasteiger partial charge on any atom is -0.494 e. The van der Waals surface area contributed by atoms with E-state index in [2.05, 4.69) is 31.1 Å². The van der Waals surface area contributed by atoms with Crippen LogP contribution in [0.25, 0.3) is 11.5 Å². The standard InChI is InChI=1S/C26H35B3N6O5/c1-25(2,3)39-11-10-19-33-24(40-35-19)15-6-5-7-17(21(15)38-4)31-18-12-20(32-22(36)14-8-9-14)30-13-16(18)23(37)34-26(27,28)29/h5-7,12-14H,8-11,27-29H2,1-4H3,(H,34,37)(H2,30,31,32,36). The average Bonchev–Trinajstić information content (AvgIpc) is 3.61. The molecule has 2 amide bonds. The molecule has 208 valence electrons. The Labute approximate surface area is 236 Å². The third kappa shape index (κ3) is 7.87. The number of carbonyl (C=O) groups excluding carboxylic acids is 2. The summed E-state index contributed by atoms with van der Waals surface area (Å²) in [4.78, 5) is 34.4. The van der Waals surface area contributed by atoms with Gasteiger partial charge in [-0.15, -0.1) is 0 Å². The van der Waals surface area contributed by atoms with Crippen molar-refractivity contribution in [1.29, 1.82) is 0 Å². The largest absolute Gasteiger partial charge is 0.494 e. The number of methoxy groups -OCH3 is 1. The van der Waals surface area contributed by atoms with Gasteiger partial charge in [-0.3, -0.25) is 9.59 Å². The minimum atomic E-state index is -0.460. The van der Waals surface area contributed by atoms with Gasteiger partial charge in [-0.05, 0) is 51.0 Å². The Morgan fingerprint density at radius 3 is 2.55 bits per heavy atom. The van der Waals surface area contributed by atoms with Gasteiger partial charge in [0, 0.05) is 24.6 Å². The molecule has 1 aliphatic carbocycles. The molecule has 0 aliphatic heterocycles. The smallest absolute Gasteiger partial charge is 0.261 e. The molecule has 11 nitrogen and oxygen atoms in total.